The minimum Gasteiger partial charge on any atom is -0.351 e. The van der Waals surface area contributed by atoms with Crippen molar-refractivity contribution in [3.63, 3.8) is 0 Å². The fourth-order valence-electron chi connectivity index (χ4n) is 3.21. The number of benzene rings is 2. The summed E-state index contributed by atoms with van der Waals surface area (Å²) in [6.07, 6.45) is 2.14. The summed E-state index contributed by atoms with van der Waals surface area (Å²) >= 11 is 6.13. The Hall–Kier alpha value is -2.76. The maximum atomic E-state index is 13.2. The number of halogens is 1. The van der Waals surface area contributed by atoms with Crippen molar-refractivity contribution in [1.29, 1.82) is 5.26 Å². The van der Waals surface area contributed by atoms with Crippen molar-refractivity contribution in [2.24, 2.45) is 0 Å². The molecular formula is C18H16ClN5O2S. The summed E-state index contributed by atoms with van der Waals surface area (Å²) in [4.78, 5) is 3.70. The lowest BCUT2D eigenvalue weighted by Crippen LogP contribution is -2.44. The summed E-state index contributed by atoms with van der Waals surface area (Å²) in [6, 6.07) is 13.5. The van der Waals surface area contributed by atoms with Crippen molar-refractivity contribution in [2.45, 2.75) is 4.90 Å². The van der Waals surface area contributed by atoms with Crippen molar-refractivity contribution in [2.75, 3.05) is 31.1 Å². The zero-order chi connectivity index (χ0) is 19.0. The van der Waals surface area contributed by atoms with E-state index in [9.17, 15) is 8.42 Å². The van der Waals surface area contributed by atoms with Crippen molar-refractivity contribution >= 4 is 38.3 Å². The van der Waals surface area contributed by atoms with E-state index in [0.29, 0.717) is 37.5 Å². The molecule has 1 saturated heterocycles. The molecule has 0 bridgehead atoms. The standard InChI is InChI=1S/C18H16ClN5O2S/c19-15-6-2-4-8-17(15)27(25,26)24-16-7-3-1-5-14(16)18(21-24)23-11-9-22(13-20)10-12-23/h1-8H,9-12H2. The van der Waals surface area contributed by atoms with Gasteiger partial charge in [-0.15, -0.1) is 5.10 Å². The van der Waals surface area contributed by atoms with Gasteiger partial charge in [-0.3, -0.25) is 0 Å². The van der Waals surface area contributed by atoms with Crippen LogP contribution in [0.1, 0.15) is 0 Å². The minimum atomic E-state index is -3.95. The molecule has 0 saturated carbocycles. The number of hydrogen-bond acceptors (Lipinski definition) is 6. The Balaban J connectivity index is 1.84. The van der Waals surface area contributed by atoms with Gasteiger partial charge >= 0.3 is 0 Å². The van der Waals surface area contributed by atoms with Crippen LogP contribution in [0, 0.1) is 11.5 Å². The van der Waals surface area contributed by atoms with Gasteiger partial charge in [-0.25, -0.2) is 0 Å². The molecule has 1 aromatic heterocycles. The topological polar surface area (TPSA) is 82.2 Å². The van der Waals surface area contributed by atoms with Gasteiger partial charge in [0.15, 0.2) is 12.0 Å². The predicted molar refractivity (Wildman–Crippen MR) is 103 cm³/mol. The van der Waals surface area contributed by atoms with Crippen LogP contribution in [0.3, 0.4) is 0 Å². The maximum Gasteiger partial charge on any atom is 0.285 e. The first-order valence-corrected chi connectivity index (χ1v) is 10.2. The van der Waals surface area contributed by atoms with Crippen molar-refractivity contribution in [3.05, 3.63) is 53.6 Å². The highest BCUT2D eigenvalue weighted by molar-refractivity contribution is 7.90. The lowest BCUT2D eigenvalue weighted by Gasteiger charge is -2.31. The normalized spacial score (nSPS) is 15.1. The van der Waals surface area contributed by atoms with Crippen molar-refractivity contribution in [3.8, 4) is 6.19 Å². The summed E-state index contributed by atoms with van der Waals surface area (Å²) in [5.74, 6) is 0.596. The number of fused-ring (bicyclic) bond motifs is 1. The molecule has 27 heavy (non-hydrogen) atoms. The molecule has 138 valence electrons. The Morgan fingerprint density at radius 3 is 2.37 bits per heavy atom. The molecule has 2 heterocycles. The SMILES string of the molecule is N#CN1CCN(c2nn(S(=O)(=O)c3ccccc3Cl)c3ccccc23)CC1. The summed E-state index contributed by atoms with van der Waals surface area (Å²) < 4.78 is 27.5. The monoisotopic (exact) mass is 401 g/mol. The van der Waals surface area contributed by atoms with Gasteiger partial charge < -0.3 is 9.80 Å². The third-order valence-electron chi connectivity index (χ3n) is 4.60. The van der Waals surface area contributed by atoms with Crippen LogP contribution in [0.5, 0.6) is 0 Å². The highest BCUT2D eigenvalue weighted by atomic mass is 35.5. The Morgan fingerprint density at radius 1 is 1.00 bits per heavy atom. The van der Waals surface area contributed by atoms with Crippen LogP contribution in [0.2, 0.25) is 5.02 Å². The fourth-order valence-corrected chi connectivity index (χ4v) is 4.99. The van der Waals surface area contributed by atoms with Crippen LogP contribution >= 0.6 is 11.6 Å². The number of para-hydroxylation sites is 1. The molecule has 4 rings (SSSR count). The number of piperazine rings is 1. The number of anilines is 1. The van der Waals surface area contributed by atoms with Crippen LogP contribution < -0.4 is 4.90 Å². The molecule has 7 nitrogen and oxygen atoms in total. The van der Waals surface area contributed by atoms with E-state index < -0.39 is 10.0 Å². The molecule has 0 radical (unpaired) electrons. The fraction of sp³-hybridized carbons (Fsp3) is 0.222. The van der Waals surface area contributed by atoms with Gasteiger partial charge in [0.25, 0.3) is 10.0 Å². The number of hydrogen-bond donors (Lipinski definition) is 0. The molecule has 3 aromatic rings. The molecule has 0 unspecified atom stereocenters. The second-order valence-electron chi connectivity index (χ2n) is 6.19. The molecule has 1 fully saturated rings. The molecule has 0 N–H and O–H groups in total. The zero-order valence-electron chi connectivity index (χ0n) is 14.3. The van der Waals surface area contributed by atoms with Crippen LogP contribution in [-0.2, 0) is 10.0 Å². The summed E-state index contributed by atoms with van der Waals surface area (Å²) in [5.41, 5.74) is 0.495. The highest BCUT2D eigenvalue weighted by Gasteiger charge is 2.27. The average Bonchev–Trinajstić information content (AvgIpc) is 3.09. The van der Waals surface area contributed by atoms with Gasteiger partial charge in [-0.05, 0) is 24.3 Å². The van der Waals surface area contributed by atoms with Crippen molar-refractivity contribution in [1.82, 2.24) is 14.1 Å². The van der Waals surface area contributed by atoms with E-state index >= 15 is 0 Å². The molecule has 0 atom stereocenters. The Kier molecular flexibility index (Phi) is 4.42. The van der Waals surface area contributed by atoms with Gasteiger partial charge in [0.1, 0.15) is 4.90 Å². The third-order valence-corrected chi connectivity index (χ3v) is 6.69. The maximum absolute atomic E-state index is 13.2. The van der Waals surface area contributed by atoms with Gasteiger partial charge in [-0.2, -0.15) is 17.8 Å². The molecule has 2 aromatic carbocycles. The molecule has 1 aliphatic rings. The van der Waals surface area contributed by atoms with E-state index in [1.165, 1.54) is 6.07 Å². The predicted octanol–water partition coefficient (Wildman–Crippen LogP) is 2.53. The second kappa shape index (κ2) is 6.76. The number of rotatable bonds is 3. The lowest BCUT2D eigenvalue weighted by atomic mass is 10.2. The number of aromatic nitrogens is 2. The molecule has 0 spiro atoms. The first-order valence-electron chi connectivity index (χ1n) is 8.40. The lowest BCUT2D eigenvalue weighted by molar-refractivity contribution is 0.362. The first-order chi connectivity index (χ1) is 13.0. The molecule has 0 amide bonds. The van der Waals surface area contributed by atoms with Gasteiger partial charge in [0.2, 0.25) is 0 Å². The third kappa shape index (κ3) is 2.99. The van der Waals surface area contributed by atoms with E-state index in [0.717, 1.165) is 9.47 Å². The Bertz CT molecular complexity index is 1140. The van der Waals surface area contributed by atoms with Gasteiger partial charge in [0.05, 0.1) is 10.5 Å². The molecule has 9 heteroatoms. The summed E-state index contributed by atoms with van der Waals surface area (Å²) in [6.45, 7) is 2.35. The minimum absolute atomic E-state index is 0.0146. The van der Waals surface area contributed by atoms with Crippen molar-refractivity contribution < 1.29 is 8.42 Å². The Labute approximate surface area is 162 Å². The van der Waals surface area contributed by atoms with E-state index in [1.54, 1.807) is 35.2 Å². The zero-order valence-corrected chi connectivity index (χ0v) is 15.9. The average molecular weight is 402 g/mol. The molecule has 0 aliphatic carbocycles. The van der Waals surface area contributed by atoms with E-state index in [4.69, 9.17) is 16.9 Å². The first kappa shape index (κ1) is 17.6. The molecule has 1 aliphatic heterocycles. The van der Waals surface area contributed by atoms with Crippen LogP contribution in [-0.4, -0.2) is 48.7 Å². The molecular weight excluding hydrogens is 386 g/mol. The van der Waals surface area contributed by atoms with Crippen LogP contribution in [0.15, 0.2) is 53.4 Å². The number of nitrogens with zero attached hydrogens (tertiary/aromatic N) is 5. The highest BCUT2D eigenvalue weighted by Crippen LogP contribution is 2.31. The Morgan fingerprint density at radius 2 is 1.67 bits per heavy atom. The summed E-state index contributed by atoms with van der Waals surface area (Å²) in [7, 11) is -3.95. The van der Waals surface area contributed by atoms with Crippen LogP contribution in [0.25, 0.3) is 10.9 Å². The smallest absolute Gasteiger partial charge is 0.285 e. The quantitative estimate of drug-likeness (QED) is 0.627. The van der Waals surface area contributed by atoms with E-state index in [1.807, 2.05) is 17.0 Å². The largest absolute Gasteiger partial charge is 0.351 e. The summed E-state index contributed by atoms with van der Waals surface area (Å²) in [5, 5.41) is 14.4. The van der Waals surface area contributed by atoms with Crippen LogP contribution in [0.4, 0.5) is 5.82 Å². The number of nitriles is 1. The van der Waals surface area contributed by atoms with E-state index in [-0.39, 0.29) is 9.92 Å². The van der Waals surface area contributed by atoms with E-state index in [2.05, 4.69) is 11.3 Å². The van der Waals surface area contributed by atoms with Gasteiger partial charge in [0, 0.05) is 31.6 Å². The second-order valence-corrected chi connectivity index (χ2v) is 8.34. The van der Waals surface area contributed by atoms with Gasteiger partial charge in [-0.1, -0.05) is 35.9 Å².